The van der Waals surface area contributed by atoms with Crippen molar-refractivity contribution in [3.05, 3.63) is 88.2 Å². The first kappa shape index (κ1) is 17.9. The summed E-state index contributed by atoms with van der Waals surface area (Å²) in [6, 6.07) is 20.1. The highest BCUT2D eigenvalue weighted by Gasteiger charge is 2.12. The first-order valence-electron chi connectivity index (χ1n) is 8.63. The summed E-state index contributed by atoms with van der Waals surface area (Å²) in [6.45, 7) is 2.03. The van der Waals surface area contributed by atoms with Crippen molar-refractivity contribution in [2.45, 2.75) is 6.92 Å². The minimum Gasteiger partial charge on any atom is -0.457 e. The molecule has 0 spiro atoms. The minimum atomic E-state index is -0.351. The van der Waals surface area contributed by atoms with Crippen LogP contribution in [-0.2, 0) is 0 Å². The SMILES string of the molecule is Cc1ccc(-c2csc(/C(C#N)=C/c3ccc(-c4ccccc4F)o3)n2)cc1. The lowest BCUT2D eigenvalue weighted by molar-refractivity contribution is 0.561. The van der Waals surface area contributed by atoms with Crippen molar-refractivity contribution in [3.63, 3.8) is 0 Å². The van der Waals surface area contributed by atoms with Crippen LogP contribution < -0.4 is 0 Å². The second kappa shape index (κ2) is 7.63. The Morgan fingerprint density at radius 3 is 2.64 bits per heavy atom. The number of halogens is 1. The first-order chi connectivity index (χ1) is 13.6. The summed E-state index contributed by atoms with van der Waals surface area (Å²) < 4.78 is 19.6. The molecule has 2 heterocycles. The molecule has 0 fully saturated rings. The zero-order valence-corrected chi connectivity index (χ0v) is 15.8. The second-order valence-corrected chi connectivity index (χ2v) is 7.11. The Bertz CT molecular complexity index is 1200. The van der Waals surface area contributed by atoms with Crippen molar-refractivity contribution in [1.29, 1.82) is 5.26 Å². The molecule has 136 valence electrons. The average molecular weight is 386 g/mol. The molecule has 4 rings (SSSR count). The molecule has 28 heavy (non-hydrogen) atoms. The number of benzene rings is 2. The summed E-state index contributed by atoms with van der Waals surface area (Å²) in [6.07, 6.45) is 1.63. The second-order valence-electron chi connectivity index (χ2n) is 6.26. The van der Waals surface area contributed by atoms with Crippen LogP contribution in [0.3, 0.4) is 0 Å². The molecule has 0 unspecified atom stereocenters. The van der Waals surface area contributed by atoms with Gasteiger partial charge in [0.2, 0.25) is 0 Å². The standard InChI is InChI=1S/C23H15FN2OS/c1-15-6-8-16(9-7-15)21-14-28-23(26-21)17(13-25)12-18-10-11-22(27-18)19-4-2-3-5-20(19)24/h2-12,14H,1H3/b17-12+. The molecule has 0 aliphatic heterocycles. The summed E-state index contributed by atoms with van der Waals surface area (Å²) in [7, 11) is 0. The molecule has 0 radical (unpaired) electrons. The van der Waals surface area contributed by atoms with Crippen molar-refractivity contribution >= 4 is 23.0 Å². The van der Waals surface area contributed by atoms with Gasteiger partial charge in [0.15, 0.2) is 0 Å². The van der Waals surface area contributed by atoms with Gasteiger partial charge in [0, 0.05) is 17.0 Å². The number of aryl methyl sites for hydroxylation is 1. The summed E-state index contributed by atoms with van der Waals surface area (Å²) in [5, 5.41) is 12.1. The van der Waals surface area contributed by atoms with E-state index in [0.717, 1.165) is 11.3 Å². The molecule has 0 atom stereocenters. The molecule has 2 aromatic carbocycles. The fourth-order valence-electron chi connectivity index (χ4n) is 2.77. The molecule has 3 nitrogen and oxygen atoms in total. The lowest BCUT2D eigenvalue weighted by Crippen LogP contribution is -1.83. The van der Waals surface area contributed by atoms with Crippen molar-refractivity contribution in [2.75, 3.05) is 0 Å². The van der Waals surface area contributed by atoms with Crippen molar-refractivity contribution in [2.24, 2.45) is 0 Å². The molecule has 0 aliphatic rings. The smallest absolute Gasteiger partial charge is 0.137 e. The highest BCUT2D eigenvalue weighted by molar-refractivity contribution is 7.11. The van der Waals surface area contributed by atoms with E-state index in [9.17, 15) is 9.65 Å². The number of furan rings is 1. The van der Waals surface area contributed by atoms with Crippen LogP contribution in [0.2, 0.25) is 0 Å². The Balaban J connectivity index is 1.63. The maximum absolute atomic E-state index is 13.9. The van der Waals surface area contributed by atoms with E-state index in [4.69, 9.17) is 4.42 Å². The van der Waals surface area contributed by atoms with Crippen molar-refractivity contribution in [1.82, 2.24) is 4.98 Å². The van der Waals surface area contributed by atoms with Crippen LogP contribution in [0.1, 0.15) is 16.3 Å². The van der Waals surface area contributed by atoms with E-state index >= 15 is 0 Å². The maximum atomic E-state index is 13.9. The maximum Gasteiger partial charge on any atom is 0.137 e. The molecule has 0 bridgehead atoms. The van der Waals surface area contributed by atoms with Crippen LogP contribution in [0.15, 0.2) is 70.5 Å². The summed E-state index contributed by atoms with van der Waals surface area (Å²) in [5.41, 5.74) is 3.80. The van der Waals surface area contributed by atoms with Gasteiger partial charge in [-0.15, -0.1) is 11.3 Å². The van der Waals surface area contributed by atoms with Crippen molar-refractivity contribution in [3.8, 4) is 28.7 Å². The van der Waals surface area contributed by atoms with E-state index in [1.165, 1.54) is 23.0 Å². The molecule has 5 heteroatoms. The van der Waals surface area contributed by atoms with E-state index < -0.39 is 0 Å². The van der Waals surface area contributed by atoms with Crippen LogP contribution in [0.4, 0.5) is 4.39 Å². The Morgan fingerprint density at radius 1 is 1.11 bits per heavy atom. The number of allylic oxidation sites excluding steroid dienone is 1. The third-order valence-corrected chi connectivity index (χ3v) is 5.13. The first-order valence-corrected chi connectivity index (χ1v) is 9.51. The fourth-order valence-corrected chi connectivity index (χ4v) is 3.57. The lowest BCUT2D eigenvalue weighted by Gasteiger charge is -1.98. The van der Waals surface area contributed by atoms with Gasteiger partial charge < -0.3 is 4.42 Å². The topological polar surface area (TPSA) is 49.8 Å². The quantitative estimate of drug-likeness (QED) is 0.372. The average Bonchev–Trinajstić information content (AvgIpc) is 3.37. The number of aromatic nitrogens is 1. The normalized spacial score (nSPS) is 11.4. The number of hydrogen-bond donors (Lipinski definition) is 0. The predicted octanol–water partition coefficient (Wildman–Crippen LogP) is 6.58. The molecular weight excluding hydrogens is 371 g/mol. The Labute approximate surface area is 166 Å². The van der Waals surface area contributed by atoms with E-state index in [-0.39, 0.29) is 5.82 Å². The summed E-state index contributed by atoms with van der Waals surface area (Å²) in [5.74, 6) is 0.540. The number of thiazole rings is 1. The highest BCUT2D eigenvalue weighted by atomic mass is 32.1. The molecule has 0 N–H and O–H groups in total. The molecular formula is C23H15FN2OS. The molecule has 0 saturated carbocycles. The number of nitriles is 1. The zero-order chi connectivity index (χ0) is 19.5. The fraction of sp³-hybridized carbons (Fsp3) is 0.0435. The van der Waals surface area contributed by atoms with Gasteiger partial charge in [-0.25, -0.2) is 9.37 Å². The highest BCUT2D eigenvalue weighted by Crippen LogP contribution is 2.29. The molecule has 0 amide bonds. The van der Waals surface area contributed by atoms with Crippen LogP contribution in [0, 0.1) is 24.1 Å². The van der Waals surface area contributed by atoms with Gasteiger partial charge >= 0.3 is 0 Å². The van der Waals surface area contributed by atoms with E-state index in [1.54, 1.807) is 36.4 Å². The van der Waals surface area contributed by atoms with Gasteiger partial charge in [0.1, 0.15) is 28.4 Å². The monoisotopic (exact) mass is 386 g/mol. The van der Waals surface area contributed by atoms with Gasteiger partial charge in [-0.3, -0.25) is 0 Å². The van der Waals surface area contributed by atoms with Gasteiger partial charge in [0.25, 0.3) is 0 Å². The van der Waals surface area contributed by atoms with Gasteiger partial charge in [0.05, 0.1) is 16.8 Å². The summed E-state index contributed by atoms with van der Waals surface area (Å²) in [4.78, 5) is 4.58. The van der Waals surface area contributed by atoms with Gasteiger partial charge in [-0.1, -0.05) is 42.0 Å². The molecule has 0 aliphatic carbocycles. The summed E-state index contributed by atoms with van der Waals surface area (Å²) >= 11 is 1.40. The largest absolute Gasteiger partial charge is 0.457 e. The molecule has 0 saturated heterocycles. The van der Waals surface area contributed by atoms with Gasteiger partial charge in [-0.05, 0) is 31.2 Å². The number of hydrogen-bond acceptors (Lipinski definition) is 4. The molecule has 2 aromatic heterocycles. The Hall–Kier alpha value is -3.49. The Morgan fingerprint density at radius 2 is 1.89 bits per heavy atom. The number of nitrogens with zero attached hydrogens (tertiary/aromatic N) is 2. The molecule has 4 aromatic rings. The van der Waals surface area contributed by atoms with E-state index in [0.29, 0.717) is 27.7 Å². The third kappa shape index (κ3) is 3.64. The zero-order valence-electron chi connectivity index (χ0n) is 15.0. The van der Waals surface area contributed by atoms with Crippen LogP contribution in [0.25, 0.3) is 34.2 Å². The third-order valence-electron chi connectivity index (χ3n) is 4.26. The number of rotatable bonds is 4. The van der Waals surface area contributed by atoms with E-state index in [2.05, 4.69) is 11.1 Å². The Kier molecular flexibility index (Phi) is 4.88. The predicted molar refractivity (Wildman–Crippen MR) is 110 cm³/mol. The minimum absolute atomic E-state index is 0.351. The van der Waals surface area contributed by atoms with Crippen LogP contribution >= 0.6 is 11.3 Å². The van der Waals surface area contributed by atoms with Crippen molar-refractivity contribution < 1.29 is 8.81 Å². The van der Waals surface area contributed by atoms with Crippen LogP contribution in [0.5, 0.6) is 0 Å². The lowest BCUT2D eigenvalue weighted by atomic mass is 10.1. The van der Waals surface area contributed by atoms with Crippen LogP contribution in [-0.4, -0.2) is 4.98 Å². The van der Waals surface area contributed by atoms with E-state index in [1.807, 2.05) is 36.6 Å². The van der Waals surface area contributed by atoms with Gasteiger partial charge in [-0.2, -0.15) is 5.26 Å².